The van der Waals surface area contributed by atoms with Crippen LogP contribution in [0.4, 0.5) is 0 Å². The van der Waals surface area contributed by atoms with Crippen LogP contribution in [0.5, 0.6) is 0 Å². The van der Waals surface area contributed by atoms with E-state index in [9.17, 15) is 18.3 Å². The Morgan fingerprint density at radius 2 is 1.50 bits per heavy atom. The van der Waals surface area contributed by atoms with Crippen LogP contribution in [-0.4, -0.2) is 20.9 Å². The molecule has 0 aliphatic rings. The number of hydrogen-bond donors (Lipinski definition) is 1. The zero-order chi connectivity index (χ0) is 14.6. The Labute approximate surface area is 116 Å². The highest BCUT2D eigenvalue weighted by Gasteiger charge is 2.13. The normalized spacial score (nSPS) is 11.2. The van der Waals surface area contributed by atoms with E-state index in [4.69, 9.17) is 0 Å². The van der Waals surface area contributed by atoms with Crippen LogP contribution in [0.15, 0.2) is 59.5 Å². The minimum absolute atomic E-state index is 0.0124. The molecule has 0 heterocycles. The molecule has 2 rings (SSSR count). The second-order valence-corrected chi connectivity index (χ2v) is 5.85. The lowest BCUT2D eigenvalue weighted by molar-refractivity contribution is -0.303. The van der Waals surface area contributed by atoms with Gasteiger partial charge in [0.1, 0.15) is 0 Å². The topological polar surface area (TPSA) is 86.3 Å². The maximum atomic E-state index is 11.8. The van der Waals surface area contributed by atoms with Gasteiger partial charge in [-0.25, -0.2) is 13.1 Å². The smallest absolute Gasteiger partial charge is 0.240 e. The van der Waals surface area contributed by atoms with Gasteiger partial charge in [0.05, 0.1) is 17.4 Å². The lowest BCUT2D eigenvalue weighted by Gasteiger charge is -2.08. The summed E-state index contributed by atoms with van der Waals surface area (Å²) in [5, 5.41) is 10.3. The summed E-state index contributed by atoms with van der Waals surface area (Å²) in [5.41, 5.74) is 1.85. The van der Waals surface area contributed by atoms with Gasteiger partial charge in [-0.1, -0.05) is 42.5 Å². The molecule has 0 atom stereocenters. The molecule has 6 heteroatoms. The summed E-state index contributed by atoms with van der Waals surface area (Å²) >= 11 is 0. The Morgan fingerprint density at radius 1 is 0.950 bits per heavy atom. The number of carbonyl (C=O) groups excluding carboxylic acids is 1. The predicted molar refractivity (Wildman–Crippen MR) is 72.1 cm³/mol. The first-order valence-corrected chi connectivity index (χ1v) is 7.32. The molecular weight excluding hydrogens is 278 g/mol. The Balaban J connectivity index is 2.22. The second-order valence-electron chi connectivity index (χ2n) is 4.09. The third-order valence-corrected chi connectivity index (χ3v) is 4.10. The van der Waals surface area contributed by atoms with Gasteiger partial charge in [-0.3, -0.25) is 0 Å². The monoisotopic (exact) mass is 290 g/mol. The van der Waals surface area contributed by atoms with E-state index in [0.29, 0.717) is 0 Å². The van der Waals surface area contributed by atoms with Crippen LogP contribution in [0.3, 0.4) is 0 Å². The fourth-order valence-corrected chi connectivity index (χ4v) is 2.66. The summed E-state index contributed by atoms with van der Waals surface area (Å²) in [6, 6.07) is 15.7. The first-order valence-electron chi connectivity index (χ1n) is 5.84. The lowest BCUT2D eigenvalue weighted by Crippen LogP contribution is -2.37. The van der Waals surface area contributed by atoms with Gasteiger partial charge in [0.15, 0.2) is 0 Å². The van der Waals surface area contributed by atoms with Gasteiger partial charge in [0, 0.05) is 0 Å². The highest BCUT2D eigenvalue weighted by Crippen LogP contribution is 2.20. The number of sulfonamides is 1. The Kier molecular flexibility index (Phi) is 4.16. The summed E-state index contributed by atoms with van der Waals surface area (Å²) < 4.78 is 25.5. The van der Waals surface area contributed by atoms with Crippen LogP contribution >= 0.6 is 0 Å². The van der Waals surface area contributed by atoms with Crippen molar-refractivity contribution < 1.29 is 18.3 Å². The summed E-state index contributed by atoms with van der Waals surface area (Å²) in [6.07, 6.45) is 0. The number of carboxylic acids is 1. The Hall–Kier alpha value is -2.18. The summed E-state index contributed by atoms with van der Waals surface area (Å²) in [4.78, 5) is 10.3. The standard InChI is InChI=1S/C14H13NO4S/c16-14(17)10-15-20(18,19)13-8-6-12(7-9-13)11-4-2-1-3-5-11/h1-9,15H,10H2,(H,16,17)/p-1. The fraction of sp³-hybridized carbons (Fsp3) is 0.0714. The minimum atomic E-state index is -3.83. The Morgan fingerprint density at radius 3 is 2.05 bits per heavy atom. The molecule has 0 aliphatic carbocycles. The first-order chi connectivity index (χ1) is 9.49. The number of benzene rings is 2. The summed E-state index contributed by atoms with van der Waals surface area (Å²) in [5.74, 6) is -1.48. The molecule has 20 heavy (non-hydrogen) atoms. The zero-order valence-corrected chi connectivity index (χ0v) is 11.3. The van der Waals surface area contributed by atoms with E-state index in [-0.39, 0.29) is 4.90 Å². The maximum absolute atomic E-state index is 11.8. The van der Waals surface area contributed by atoms with Crippen LogP contribution in [-0.2, 0) is 14.8 Å². The predicted octanol–water partition coefficient (Wildman–Crippen LogP) is 0.382. The number of carbonyl (C=O) groups is 1. The molecule has 0 bridgehead atoms. The molecule has 0 saturated carbocycles. The molecule has 0 unspecified atom stereocenters. The minimum Gasteiger partial charge on any atom is -0.549 e. The van der Waals surface area contributed by atoms with Crippen molar-refractivity contribution in [3.05, 3.63) is 54.6 Å². The Bertz CT molecular complexity index is 694. The van der Waals surface area contributed by atoms with Crippen molar-refractivity contribution >= 4 is 16.0 Å². The van der Waals surface area contributed by atoms with E-state index < -0.39 is 22.5 Å². The van der Waals surface area contributed by atoms with Gasteiger partial charge in [0.25, 0.3) is 0 Å². The van der Waals surface area contributed by atoms with Crippen LogP contribution < -0.4 is 9.83 Å². The van der Waals surface area contributed by atoms with E-state index >= 15 is 0 Å². The summed E-state index contributed by atoms with van der Waals surface area (Å²) in [6.45, 7) is -0.747. The molecule has 104 valence electrons. The van der Waals surface area contributed by atoms with Crippen molar-refractivity contribution in [2.75, 3.05) is 6.54 Å². The molecular formula is C14H12NO4S-. The average Bonchev–Trinajstić information content (AvgIpc) is 2.46. The molecule has 2 aromatic carbocycles. The van der Waals surface area contributed by atoms with Crippen molar-refractivity contribution in [3.63, 3.8) is 0 Å². The van der Waals surface area contributed by atoms with Crippen LogP contribution in [0.2, 0.25) is 0 Å². The molecule has 0 aromatic heterocycles. The average molecular weight is 290 g/mol. The van der Waals surface area contributed by atoms with E-state index in [0.717, 1.165) is 11.1 Å². The second kappa shape index (κ2) is 5.85. The van der Waals surface area contributed by atoms with E-state index in [1.165, 1.54) is 12.1 Å². The SMILES string of the molecule is O=C([O-])CNS(=O)(=O)c1ccc(-c2ccccc2)cc1. The van der Waals surface area contributed by atoms with Gasteiger partial charge < -0.3 is 9.90 Å². The molecule has 1 N–H and O–H groups in total. The van der Waals surface area contributed by atoms with Crippen molar-refractivity contribution in [1.82, 2.24) is 4.72 Å². The molecule has 0 radical (unpaired) electrons. The molecule has 0 aliphatic heterocycles. The van der Waals surface area contributed by atoms with Gasteiger partial charge in [-0.2, -0.15) is 0 Å². The summed E-state index contributed by atoms with van der Waals surface area (Å²) in [7, 11) is -3.83. The molecule has 0 amide bonds. The van der Waals surface area contributed by atoms with Crippen LogP contribution in [0, 0.1) is 0 Å². The third-order valence-electron chi connectivity index (χ3n) is 2.68. The van der Waals surface area contributed by atoms with Crippen molar-refractivity contribution in [3.8, 4) is 11.1 Å². The molecule has 2 aromatic rings. The van der Waals surface area contributed by atoms with Crippen molar-refractivity contribution in [2.45, 2.75) is 4.90 Å². The van der Waals surface area contributed by atoms with Crippen LogP contribution in [0.1, 0.15) is 0 Å². The highest BCUT2D eigenvalue weighted by molar-refractivity contribution is 7.89. The van der Waals surface area contributed by atoms with Crippen molar-refractivity contribution in [1.29, 1.82) is 0 Å². The van der Waals surface area contributed by atoms with Gasteiger partial charge in [-0.05, 0) is 23.3 Å². The largest absolute Gasteiger partial charge is 0.549 e. The van der Waals surface area contributed by atoms with Crippen LogP contribution in [0.25, 0.3) is 11.1 Å². The lowest BCUT2D eigenvalue weighted by atomic mass is 10.1. The fourth-order valence-electron chi connectivity index (χ4n) is 1.69. The number of nitrogens with one attached hydrogen (secondary N) is 1. The molecule has 0 spiro atoms. The first kappa shape index (κ1) is 14.2. The van der Waals surface area contributed by atoms with E-state index in [2.05, 4.69) is 0 Å². The molecule has 0 saturated heterocycles. The number of carboxylic acid groups (broad SMARTS) is 1. The maximum Gasteiger partial charge on any atom is 0.240 e. The van der Waals surface area contributed by atoms with E-state index in [1.807, 2.05) is 35.1 Å². The zero-order valence-electron chi connectivity index (χ0n) is 10.4. The molecule has 5 nitrogen and oxygen atoms in total. The third kappa shape index (κ3) is 3.43. The van der Waals surface area contributed by atoms with Gasteiger partial charge in [-0.15, -0.1) is 0 Å². The van der Waals surface area contributed by atoms with E-state index in [1.54, 1.807) is 12.1 Å². The quantitative estimate of drug-likeness (QED) is 0.862. The van der Waals surface area contributed by atoms with Crippen molar-refractivity contribution in [2.24, 2.45) is 0 Å². The van der Waals surface area contributed by atoms with Gasteiger partial charge >= 0.3 is 0 Å². The van der Waals surface area contributed by atoms with Gasteiger partial charge in [0.2, 0.25) is 10.0 Å². The molecule has 0 fully saturated rings. The number of rotatable bonds is 5. The highest BCUT2D eigenvalue weighted by atomic mass is 32.2. The number of hydrogen-bond acceptors (Lipinski definition) is 4. The number of aliphatic carboxylic acids is 1.